The number of ether oxygens (including phenoxy) is 2. The van der Waals surface area contributed by atoms with Gasteiger partial charge in [0.25, 0.3) is 5.91 Å². The number of Topliss-reactive ketones (excluding diaryl/α,β-unsaturated/α-hetero) is 1. The van der Waals surface area contributed by atoms with Gasteiger partial charge in [-0.05, 0) is 55.8 Å². The summed E-state index contributed by atoms with van der Waals surface area (Å²) in [5, 5.41) is 5.49. The highest BCUT2D eigenvalue weighted by atomic mass is 16.5. The predicted molar refractivity (Wildman–Crippen MR) is 119 cm³/mol. The van der Waals surface area contributed by atoms with Crippen LogP contribution in [0.25, 0.3) is 0 Å². The van der Waals surface area contributed by atoms with Crippen LogP contribution in [0.5, 0.6) is 11.5 Å². The largest absolute Gasteiger partial charge is 0.494 e. The second-order valence-electron chi connectivity index (χ2n) is 7.51. The Morgan fingerprint density at radius 2 is 1.87 bits per heavy atom. The van der Waals surface area contributed by atoms with E-state index in [-0.39, 0.29) is 30.4 Å². The molecule has 31 heavy (non-hydrogen) atoms. The number of amides is 2. The van der Waals surface area contributed by atoms with Gasteiger partial charge in [0.2, 0.25) is 5.91 Å². The van der Waals surface area contributed by atoms with Crippen LogP contribution in [0, 0.1) is 0 Å². The first kappa shape index (κ1) is 22.3. The standard InChI is InChI=1S/C24H28N2O5/c1-3-4-5-14-30-19-9-6-17(7-10-19)21(27)11-13-23(28)25-18-8-12-22-20(15-18)26-24(29)16(2)31-22/h6-10,12,15-16H,3-5,11,13-14H2,1-2H3,(H,25,28)(H,26,29)/t16-/m0/s1. The first-order chi connectivity index (χ1) is 15.0. The van der Waals surface area contributed by atoms with Crippen molar-refractivity contribution < 1.29 is 23.9 Å². The Hall–Kier alpha value is -3.35. The molecule has 0 bridgehead atoms. The molecule has 2 aromatic rings. The van der Waals surface area contributed by atoms with Crippen molar-refractivity contribution in [3.8, 4) is 11.5 Å². The van der Waals surface area contributed by atoms with Gasteiger partial charge in [-0.3, -0.25) is 14.4 Å². The van der Waals surface area contributed by atoms with Crippen molar-refractivity contribution in [1.29, 1.82) is 0 Å². The summed E-state index contributed by atoms with van der Waals surface area (Å²) < 4.78 is 11.1. The van der Waals surface area contributed by atoms with E-state index >= 15 is 0 Å². The van der Waals surface area contributed by atoms with Gasteiger partial charge in [-0.25, -0.2) is 0 Å². The fourth-order valence-corrected chi connectivity index (χ4v) is 3.16. The van der Waals surface area contributed by atoms with Gasteiger partial charge in [0.1, 0.15) is 11.5 Å². The molecule has 0 aliphatic carbocycles. The minimum atomic E-state index is -0.555. The van der Waals surface area contributed by atoms with Gasteiger partial charge in [0.15, 0.2) is 11.9 Å². The maximum atomic E-state index is 12.4. The quantitative estimate of drug-likeness (QED) is 0.430. The number of unbranched alkanes of at least 4 members (excludes halogenated alkanes) is 2. The second-order valence-corrected chi connectivity index (χ2v) is 7.51. The van der Waals surface area contributed by atoms with Gasteiger partial charge < -0.3 is 20.1 Å². The summed E-state index contributed by atoms with van der Waals surface area (Å²) in [4.78, 5) is 36.4. The lowest BCUT2D eigenvalue weighted by Crippen LogP contribution is -2.34. The van der Waals surface area contributed by atoms with Crippen molar-refractivity contribution in [2.24, 2.45) is 0 Å². The summed E-state index contributed by atoms with van der Waals surface area (Å²) in [5.74, 6) is 0.675. The molecule has 2 N–H and O–H groups in total. The minimum absolute atomic E-state index is 0.0606. The fraction of sp³-hybridized carbons (Fsp3) is 0.375. The van der Waals surface area contributed by atoms with Crippen LogP contribution in [-0.2, 0) is 9.59 Å². The molecule has 0 saturated heterocycles. The predicted octanol–water partition coefficient (Wildman–Crippen LogP) is 4.58. The fourth-order valence-electron chi connectivity index (χ4n) is 3.16. The van der Waals surface area contributed by atoms with Crippen molar-refractivity contribution in [2.75, 3.05) is 17.2 Å². The van der Waals surface area contributed by atoms with Crippen molar-refractivity contribution in [3.05, 3.63) is 48.0 Å². The molecule has 164 valence electrons. The number of carbonyl (C=O) groups excluding carboxylic acids is 3. The van der Waals surface area contributed by atoms with Crippen molar-refractivity contribution in [3.63, 3.8) is 0 Å². The summed E-state index contributed by atoms with van der Waals surface area (Å²) in [6, 6.07) is 12.0. The molecule has 0 unspecified atom stereocenters. The third-order valence-electron chi connectivity index (χ3n) is 4.97. The molecule has 0 radical (unpaired) electrons. The normalized spacial score (nSPS) is 14.8. The summed E-state index contributed by atoms with van der Waals surface area (Å²) in [5.41, 5.74) is 1.59. The lowest BCUT2D eigenvalue weighted by atomic mass is 10.1. The zero-order valence-corrected chi connectivity index (χ0v) is 17.9. The Bertz CT molecular complexity index is 939. The highest BCUT2D eigenvalue weighted by Gasteiger charge is 2.23. The molecule has 2 amide bonds. The second kappa shape index (κ2) is 10.6. The molecule has 3 rings (SSSR count). The average Bonchev–Trinajstić information content (AvgIpc) is 2.76. The van der Waals surface area contributed by atoms with Gasteiger partial charge >= 0.3 is 0 Å². The third-order valence-corrected chi connectivity index (χ3v) is 4.97. The Balaban J connectivity index is 1.47. The number of hydrogen-bond acceptors (Lipinski definition) is 5. The van der Waals surface area contributed by atoms with Crippen molar-refractivity contribution in [1.82, 2.24) is 0 Å². The van der Waals surface area contributed by atoms with Gasteiger partial charge in [-0.15, -0.1) is 0 Å². The molecule has 1 aliphatic rings. The van der Waals surface area contributed by atoms with Crippen LogP contribution < -0.4 is 20.1 Å². The van der Waals surface area contributed by atoms with E-state index in [0.717, 1.165) is 25.0 Å². The highest BCUT2D eigenvalue weighted by molar-refractivity contribution is 6.01. The number of benzene rings is 2. The van der Waals surface area contributed by atoms with Gasteiger partial charge in [0, 0.05) is 24.1 Å². The van der Waals surface area contributed by atoms with Crippen molar-refractivity contribution >= 4 is 29.0 Å². The molecule has 0 saturated carbocycles. The van der Waals surface area contributed by atoms with E-state index in [2.05, 4.69) is 17.6 Å². The molecule has 7 heteroatoms. The number of hydrogen-bond donors (Lipinski definition) is 2. The zero-order valence-electron chi connectivity index (χ0n) is 17.9. The molecule has 2 aromatic carbocycles. The smallest absolute Gasteiger partial charge is 0.265 e. The van der Waals surface area contributed by atoms with E-state index in [9.17, 15) is 14.4 Å². The maximum Gasteiger partial charge on any atom is 0.265 e. The van der Waals surface area contributed by atoms with Crippen molar-refractivity contribution in [2.45, 2.75) is 52.1 Å². The number of fused-ring (bicyclic) bond motifs is 1. The lowest BCUT2D eigenvalue weighted by molar-refractivity contribution is -0.122. The molecule has 1 aliphatic heterocycles. The lowest BCUT2D eigenvalue weighted by Gasteiger charge is -2.23. The van der Waals surface area contributed by atoms with E-state index in [1.54, 1.807) is 49.4 Å². The van der Waals surface area contributed by atoms with Crippen LogP contribution in [0.2, 0.25) is 0 Å². The molecular weight excluding hydrogens is 396 g/mol. The first-order valence-electron chi connectivity index (χ1n) is 10.6. The molecule has 0 spiro atoms. The Labute approximate surface area is 182 Å². The summed E-state index contributed by atoms with van der Waals surface area (Å²) in [7, 11) is 0. The topological polar surface area (TPSA) is 93.7 Å². The molecule has 1 atom stereocenters. The van der Waals surface area contributed by atoms with Crippen LogP contribution in [-0.4, -0.2) is 30.3 Å². The van der Waals surface area contributed by atoms with Crippen LogP contribution in [0.4, 0.5) is 11.4 Å². The maximum absolute atomic E-state index is 12.4. The monoisotopic (exact) mass is 424 g/mol. The SMILES string of the molecule is CCCCCOc1ccc(C(=O)CCC(=O)Nc2ccc3c(c2)NC(=O)[C@H](C)O3)cc1. The molecule has 7 nitrogen and oxygen atoms in total. The van der Waals surface area contributed by atoms with Gasteiger partial charge in [-0.2, -0.15) is 0 Å². The summed E-state index contributed by atoms with van der Waals surface area (Å²) in [6.07, 6.45) is 2.89. The number of nitrogens with one attached hydrogen (secondary N) is 2. The van der Waals surface area contributed by atoms with E-state index in [4.69, 9.17) is 9.47 Å². The number of ketones is 1. The van der Waals surface area contributed by atoms with Crippen LogP contribution in [0.1, 0.15) is 56.3 Å². The molecule has 0 aromatic heterocycles. The van der Waals surface area contributed by atoms with E-state index in [0.29, 0.717) is 29.3 Å². The minimum Gasteiger partial charge on any atom is -0.494 e. The Morgan fingerprint density at radius 1 is 1.10 bits per heavy atom. The number of rotatable bonds is 10. The molecule has 1 heterocycles. The summed E-state index contributed by atoms with van der Waals surface area (Å²) in [6.45, 7) is 4.47. The average molecular weight is 424 g/mol. The zero-order chi connectivity index (χ0) is 22.2. The van der Waals surface area contributed by atoms with Gasteiger partial charge in [0.05, 0.1) is 12.3 Å². The van der Waals surface area contributed by atoms with Crippen LogP contribution in [0.15, 0.2) is 42.5 Å². The van der Waals surface area contributed by atoms with E-state index in [1.165, 1.54) is 0 Å². The highest BCUT2D eigenvalue weighted by Crippen LogP contribution is 2.32. The van der Waals surface area contributed by atoms with E-state index in [1.807, 2.05) is 0 Å². The number of carbonyl (C=O) groups is 3. The Kier molecular flexibility index (Phi) is 7.65. The first-order valence-corrected chi connectivity index (χ1v) is 10.6. The third kappa shape index (κ3) is 6.31. The Morgan fingerprint density at radius 3 is 2.61 bits per heavy atom. The van der Waals surface area contributed by atoms with E-state index < -0.39 is 6.10 Å². The van der Waals surface area contributed by atoms with Gasteiger partial charge in [-0.1, -0.05) is 19.8 Å². The number of anilines is 2. The van der Waals surface area contributed by atoms with Crippen LogP contribution in [0.3, 0.4) is 0 Å². The molecule has 0 fully saturated rings. The summed E-state index contributed by atoms with van der Waals surface area (Å²) >= 11 is 0. The molecular formula is C24H28N2O5. The van der Waals surface area contributed by atoms with Crippen LogP contribution >= 0.6 is 0 Å².